The molecule has 0 radical (unpaired) electrons. The highest BCUT2D eigenvalue weighted by Gasteiger charge is 2.24. The van der Waals surface area contributed by atoms with Gasteiger partial charge in [-0.05, 0) is 55.9 Å². The summed E-state index contributed by atoms with van der Waals surface area (Å²) in [7, 11) is 1.73. The van der Waals surface area contributed by atoms with Gasteiger partial charge in [0.05, 0.1) is 0 Å². The number of fused-ring (bicyclic) bond motifs is 1. The lowest BCUT2D eigenvalue weighted by Crippen LogP contribution is -2.39. The third-order valence-corrected chi connectivity index (χ3v) is 5.95. The molecule has 146 valence electrons. The molecular formula is C24H29N3O. The minimum atomic E-state index is 0.166. The van der Waals surface area contributed by atoms with Crippen LogP contribution in [0.15, 0.2) is 54.6 Å². The van der Waals surface area contributed by atoms with Crippen LogP contribution in [0.25, 0.3) is 10.9 Å². The van der Waals surface area contributed by atoms with Gasteiger partial charge in [0.25, 0.3) is 0 Å². The van der Waals surface area contributed by atoms with Crippen molar-refractivity contribution in [2.45, 2.75) is 32.9 Å². The molecule has 0 spiro atoms. The van der Waals surface area contributed by atoms with Gasteiger partial charge >= 0.3 is 0 Å². The molecule has 1 saturated heterocycles. The predicted molar refractivity (Wildman–Crippen MR) is 114 cm³/mol. The Balaban J connectivity index is 1.55. The van der Waals surface area contributed by atoms with Crippen LogP contribution < -0.4 is 5.32 Å². The molecule has 0 bridgehead atoms. The Morgan fingerprint density at radius 1 is 1.04 bits per heavy atom. The summed E-state index contributed by atoms with van der Waals surface area (Å²) < 4.78 is 2.45. The standard InChI is InChI=1S/C24H29N3O/c1-18-7-9-19(10-8-18)16-27-22(15-21-5-3-4-6-23(21)27)17-26-13-11-20(12-14-26)24(28)25-2/h3-10,15,20H,11-14,16-17H2,1-2H3,(H,25,28). The summed E-state index contributed by atoms with van der Waals surface area (Å²) in [6, 6.07) is 19.8. The zero-order chi connectivity index (χ0) is 19.5. The van der Waals surface area contributed by atoms with Gasteiger partial charge in [-0.15, -0.1) is 0 Å². The first-order valence-electron chi connectivity index (χ1n) is 10.2. The number of hydrogen-bond donors (Lipinski definition) is 1. The number of rotatable bonds is 5. The number of carbonyl (C=O) groups is 1. The zero-order valence-corrected chi connectivity index (χ0v) is 16.8. The van der Waals surface area contributed by atoms with E-state index in [0.717, 1.165) is 39.0 Å². The fourth-order valence-electron chi connectivity index (χ4n) is 4.25. The Labute approximate surface area is 167 Å². The molecule has 2 aromatic carbocycles. The summed E-state index contributed by atoms with van der Waals surface area (Å²) in [5, 5.41) is 4.09. The largest absolute Gasteiger partial charge is 0.359 e. The number of hydrogen-bond acceptors (Lipinski definition) is 2. The van der Waals surface area contributed by atoms with Crippen molar-refractivity contribution in [2.75, 3.05) is 20.1 Å². The number of para-hydroxylation sites is 1. The smallest absolute Gasteiger partial charge is 0.222 e. The molecule has 4 nitrogen and oxygen atoms in total. The zero-order valence-electron chi connectivity index (χ0n) is 16.8. The maximum atomic E-state index is 11.9. The molecule has 1 fully saturated rings. The molecule has 0 unspecified atom stereocenters. The van der Waals surface area contributed by atoms with Crippen LogP contribution in [0, 0.1) is 12.8 Å². The van der Waals surface area contributed by atoms with E-state index in [9.17, 15) is 4.79 Å². The first-order chi connectivity index (χ1) is 13.6. The molecule has 2 heterocycles. The van der Waals surface area contributed by atoms with Crippen LogP contribution in [-0.2, 0) is 17.9 Å². The van der Waals surface area contributed by atoms with Gasteiger partial charge in [-0.1, -0.05) is 48.0 Å². The summed E-state index contributed by atoms with van der Waals surface area (Å²) in [5.41, 5.74) is 5.25. The summed E-state index contributed by atoms with van der Waals surface area (Å²) >= 11 is 0. The van der Waals surface area contributed by atoms with Crippen molar-refractivity contribution in [2.24, 2.45) is 5.92 Å². The summed E-state index contributed by atoms with van der Waals surface area (Å²) in [6.45, 7) is 5.90. The summed E-state index contributed by atoms with van der Waals surface area (Å²) in [5.74, 6) is 0.354. The second kappa shape index (κ2) is 8.19. The quantitative estimate of drug-likeness (QED) is 0.733. The second-order valence-corrected chi connectivity index (χ2v) is 7.93. The molecule has 0 saturated carbocycles. The molecule has 4 heteroatoms. The van der Waals surface area contributed by atoms with E-state index in [0.29, 0.717) is 0 Å². The van der Waals surface area contributed by atoms with E-state index in [2.05, 4.69) is 76.3 Å². The number of carbonyl (C=O) groups excluding carboxylic acids is 1. The van der Waals surface area contributed by atoms with E-state index in [4.69, 9.17) is 0 Å². The Bertz CT molecular complexity index is 950. The molecule has 3 aromatic rings. The van der Waals surface area contributed by atoms with Gasteiger partial charge in [0.1, 0.15) is 0 Å². The van der Waals surface area contributed by atoms with Crippen molar-refractivity contribution >= 4 is 16.8 Å². The van der Waals surface area contributed by atoms with Crippen LogP contribution in [0.2, 0.25) is 0 Å². The molecule has 1 aliphatic heterocycles. The number of nitrogens with one attached hydrogen (secondary N) is 1. The maximum Gasteiger partial charge on any atom is 0.222 e. The van der Waals surface area contributed by atoms with Crippen LogP contribution in [0.3, 0.4) is 0 Å². The van der Waals surface area contributed by atoms with Crippen molar-refractivity contribution in [1.82, 2.24) is 14.8 Å². The van der Waals surface area contributed by atoms with Crippen LogP contribution in [-0.4, -0.2) is 35.5 Å². The highest BCUT2D eigenvalue weighted by Crippen LogP contribution is 2.25. The maximum absolute atomic E-state index is 11.9. The van der Waals surface area contributed by atoms with Gasteiger partial charge in [0.15, 0.2) is 0 Å². The van der Waals surface area contributed by atoms with Gasteiger partial charge in [0.2, 0.25) is 5.91 Å². The number of aromatic nitrogens is 1. The minimum absolute atomic E-state index is 0.166. The number of aryl methyl sites for hydroxylation is 1. The Kier molecular flexibility index (Phi) is 5.49. The lowest BCUT2D eigenvalue weighted by molar-refractivity contribution is -0.125. The molecule has 0 aliphatic carbocycles. The van der Waals surface area contributed by atoms with Gasteiger partial charge < -0.3 is 9.88 Å². The first-order valence-corrected chi connectivity index (χ1v) is 10.2. The van der Waals surface area contributed by atoms with E-state index in [1.54, 1.807) is 7.05 Å². The Hall–Kier alpha value is -2.59. The Morgan fingerprint density at radius 3 is 2.46 bits per heavy atom. The van der Waals surface area contributed by atoms with Gasteiger partial charge in [-0.3, -0.25) is 9.69 Å². The number of amides is 1. The molecule has 1 aliphatic rings. The minimum Gasteiger partial charge on any atom is -0.359 e. The van der Waals surface area contributed by atoms with E-state index in [1.807, 2.05) is 0 Å². The number of nitrogens with zero attached hydrogens (tertiary/aromatic N) is 2. The van der Waals surface area contributed by atoms with Crippen LogP contribution in [0.1, 0.15) is 29.7 Å². The van der Waals surface area contributed by atoms with Crippen LogP contribution in [0.5, 0.6) is 0 Å². The van der Waals surface area contributed by atoms with E-state index < -0.39 is 0 Å². The molecule has 0 atom stereocenters. The van der Waals surface area contributed by atoms with Gasteiger partial charge in [0, 0.05) is 37.3 Å². The second-order valence-electron chi connectivity index (χ2n) is 7.93. The van der Waals surface area contributed by atoms with E-state index in [-0.39, 0.29) is 11.8 Å². The van der Waals surface area contributed by atoms with Crippen LogP contribution >= 0.6 is 0 Å². The highest BCUT2D eigenvalue weighted by molar-refractivity contribution is 5.81. The number of piperidine rings is 1. The first kappa shape index (κ1) is 18.8. The summed E-state index contributed by atoms with van der Waals surface area (Å²) in [4.78, 5) is 14.4. The molecule has 28 heavy (non-hydrogen) atoms. The lowest BCUT2D eigenvalue weighted by Gasteiger charge is -2.31. The van der Waals surface area contributed by atoms with E-state index >= 15 is 0 Å². The van der Waals surface area contributed by atoms with E-state index in [1.165, 1.54) is 27.7 Å². The number of benzene rings is 2. The number of likely N-dealkylation sites (tertiary alicyclic amines) is 1. The van der Waals surface area contributed by atoms with Crippen molar-refractivity contribution in [3.8, 4) is 0 Å². The molecule has 1 amide bonds. The predicted octanol–water partition coefficient (Wildman–Crippen LogP) is 3.96. The third-order valence-electron chi connectivity index (χ3n) is 5.95. The van der Waals surface area contributed by atoms with Crippen molar-refractivity contribution in [1.29, 1.82) is 0 Å². The summed E-state index contributed by atoms with van der Waals surface area (Å²) in [6.07, 6.45) is 1.88. The Morgan fingerprint density at radius 2 is 1.75 bits per heavy atom. The van der Waals surface area contributed by atoms with Crippen molar-refractivity contribution in [3.63, 3.8) is 0 Å². The average molecular weight is 376 g/mol. The molecule has 4 rings (SSSR count). The fourth-order valence-corrected chi connectivity index (χ4v) is 4.25. The average Bonchev–Trinajstić information content (AvgIpc) is 3.06. The third kappa shape index (κ3) is 3.97. The van der Waals surface area contributed by atoms with Gasteiger partial charge in [-0.2, -0.15) is 0 Å². The van der Waals surface area contributed by atoms with Crippen molar-refractivity contribution < 1.29 is 4.79 Å². The van der Waals surface area contributed by atoms with Crippen molar-refractivity contribution in [3.05, 3.63) is 71.4 Å². The fraction of sp³-hybridized carbons (Fsp3) is 0.375. The van der Waals surface area contributed by atoms with Gasteiger partial charge in [-0.25, -0.2) is 0 Å². The topological polar surface area (TPSA) is 37.3 Å². The monoisotopic (exact) mass is 375 g/mol. The normalized spacial score (nSPS) is 15.8. The molecule has 1 aromatic heterocycles. The highest BCUT2D eigenvalue weighted by atomic mass is 16.1. The SMILES string of the molecule is CNC(=O)C1CCN(Cc2cc3ccccc3n2Cc2ccc(C)cc2)CC1. The lowest BCUT2D eigenvalue weighted by atomic mass is 9.96. The van der Waals surface area contributed by atoms with Crippen LogP contribution in [0.4, 0.5) is 0 Å². The molecular weight excluding hydrogens is 346 g/mol. The molecule has 1 N–H and O–H groups in total.